The van der Waals surface area contributed by atoms with Crippen LogP contribution in [0.3, 0.4) is 0 Å². The summed E-state index contributed by atoms with van der Waals surface area (Å²) in [5.41, 5.74) is 3.29. The number of nitriles is 1. The maximum Gasteiger partial charge on any atom is 0.174 e. The van der Waals surface area contributed by atoms with E-state index in [1.807, 2.05) is 48.3 Å². The smallest absolute Gasteiger partial charge is 0.174 e. The molecule has 0 bridgehead atoms. The Hall–Kier alpha value is -2.48. The molecule has 2 rings (SSSR count). The van der Waals surface area contributed by atoms with Crippen molar-refractivity contribution in [2.45, 2.75) is 26.3 Å². The monoisotopic (exact) mass is 284 g/mol. The van der Waals surface area contributed by atoms with Crippen molar-refractivity contribution >= 4 is 5.69 Å². The second kappa shape index (κ2) is 6.80. The molecule has 2 aromatic rings. The summed E-state index contributed by atoms with van der Waals surface area (Å²) in [6, 6.07) is 9.91. The zero-order chi connectivity index (χ0) is 15.2. The molecule has 1 aromatic heterocycles. The fourth-order valence-electron chi connectivity index (χ4n) is 2.20. The van der Waals surface area contributed by atoms with Crippen LogP contribution in [0.4, 0.5) is 5.69 Å². The molecule has 0 aliphatic heterocycles. The summed E-state index contributed by atoms with van der Waals surface area (Å²) in [6.07, 6.45) is 2.90. The van der Waals surface area contributed by atoms with E-state index in [2.05, 4.69) is 24.3 Å². The van der Waals surface area contributed by atoms with E-state index in [1.54, 1.807) is 0 Å². The summed E-state index contributed by atoms with van der Waals surface area (Å²) in [5.74, 6) is 0.711. The Morgan fingerprint density at radius 2 is 2.10 bits per heavy atom. The van der Waals surface area contributed by atoms with Gasteiger partial charge in [-0.3, -0.25) is 4.68 Å². The van der Waals surface area contributed by atoms with Gasteiger partial charge in [-0.05, 0) is 31.0 Å². The van der Waals surface area contributed by atoms with Crippen LogP contribution in [-0.2, 0) is 13.5 Å². The third-order valence-electron chi connectivity index (χ3n) is 3.30. The first-order valence-electron chi connectivity index (χ1n) is 7.02. The number of benzene rings is 1. The Bertz CT molecular complexity index is 625. The van der Waals surface area contributed by atoms with Gasteiger partial charge in [-0.1, -0.05) is 19.1 Å². The summed E-state index contributed by atoms with van der Waals surface area (Å²) < 4.78 is 7.08. The summed E-state index contributed by atoms with van der Waals surface area (Å²) >= 11 is 0. The normalized spacial score (nSPS) is 11.7. The second-order valence-electron chi connectivity index (χ2n) is 4.90. The van der Waals surface area contributed by atoms with Gasteiger partial charge in [0.25, 0.3) is 0 Å². The number of anilines is 1. The molecule has 1 atom stereocenters. The van der Waals surface area contributed by atoms with Crippen LogP contribution in [0.2, 0.25) is 0 Å². The molecule has 1 unspecified atom stereocenters. The van der Waals surface area contributed by atoms with E-state index in [9.17, 15) is 0 Å². The van der Waals surface area contributed by atoms with Crippen molar-refractivity contribution < 1.29 is 4.74 Å². The molecule has 110 valence electrons. The summed E-state index contributed by atoms with van der Waals surface area (Å²) in [6.45, 7) is 4.28. The quantitative estimate of drug-likeness (QED) is 0.885. The Labute approximate surface area is 125 Å². The lowest BCUT2D eigenvalue weighted by Gasteiger charge is -2.15. The van der Waals surface area contributed by atoms with E-state index in [-0.39, 0.29) is 12.6 Å². The highest BCUT2D eigenvalue weighted by atomic mass is 16.5. The first-order valence-corrected chi connectivity index (χ1v) is 7.02. The van der Waals surface area contributed by atoms with E-state index in [0.29, 0.717) is 5.75 Å². The van der Waals surface area contributed by atoms with E-state index in [4.69, 9.17) is 10.00 Å². The molecule has 0 aliphatic carbocycles. The first kappa shape index (κ1) is 14.9. The Kier molecular flexibility index (Phi) is 4.83. The average molecular weight is 284 g/mol. The van der Waals surface area contributed by atoms with Crippen molar-refractivity contribution in [3.63, 3.8) is 0 Å². The van der Waals surface area contributed by atoms with Crippen molar-refractivity contribution in [3.05, 3.63) is 41.7 Å². The van der Waals surface area contributed by atoms with Crippen LogP contribution in [0.1, 0.15) is 31.1 Å². The van der Waals surface area contributed by atoms with Crippen molar-refractivity contribution in [2.75, 3.05) is 11.9 Å². The van der Waals surface area contributed by atoms with Gasteiger partial charge in [-0.2, -0.15) is 10.4 Å². The molecule has 5 heteroatoms. The SMILES string of the molecule is CCc1nn(C)cc1NC(C)c1ccc(OCC#N)cc1. The second-order valence-corrected chi connectivity index (χ2v) is 4.90. The number of nitrogens with one attached hydrogen (secondary N) is 1. The van der Waals surface area contributed by atoms with Crippen molar-refractivity contribution in [2.24, 2.45) is 7.05 Å². The van der Waals surface area contributed by atoms with Gasteiger partial charge in [0.05, 0.1) is 11.4 Å². The number of aromatic nitrogens is 2. The molecule has 1 aromatic carbocycles. The molecule has 1 N–H and O–H groups in total. The lowest BCUT2D eigenvalue weighted by atomic mass is 10.1. The van der Waals surface area contributed by atoms with Gasteiger partial charge in [0.2, 0.25) is 0 Å². The van der Waals surface area contributed by atoms with Crippen LogP contribution in [-0.4, -0.2) is 16.4 Å². The fourth-order valence-corrected chi connectivity index (χ4v) is 2.20. The minimum absolute atomic E-state index is 0.0721. The van der Waals surface area contributed by atoms with Crippen LogP contribution in [0.15, 0.2) is 30.5 Å². The molecule has 21 heavy (non-hydrogen) atoms. The number of aryl methyl sites for hydroxylation is 2. The highest BCUT2D eigenvalue weighted by Gasteiger charge is 2.10. The van der Waals surface area contributed by atoms with E-state index >= 15 is 0 Å². The maximum absolute atomic E-state index is 8.49. The van der Waals surface area contributed by atoms with Gasteiger partial charge < -0.3 is 10.1 Å². The zero-order valence-corrected chi connectivity index (χ0v) is 12.6. The van der Waals surface area contributed by atoms with Gasteiger partial charge in [-0.15, -0.1) is 0 Å². The Morgan fingerprint density at radius 1 is 1.38 bits per heavy atom. The molecular formula is C16H20N4O. The number of rotatable bonds is 6. The minimum atomic E-state index is 0.0721. The van der Waals surface area contributed by atoms with Gasteiger partial charge in [0.15, 0.2) is 6.61 Å². The van der Waals surface area contributed by atoms with Crippen molar-refractivity contribution in [3.8, 4) is 11.8 Å². The predicted molar refractivity (Wildman–Crippen MR) is 82.2 cm³/mol. The van der Waals surface area contributed by atoms with Crippen LogP contribution in [0.5, 0.6) is 5.75 Å². The van der Waals surface area contributed by atoms with Crippen LogP contribution >= 0.6 is 0 Å². The van der Waals surface area contributed by atoms with E-state index < -0.39 is 0 Å². The highest BCUT2D eigenvalue weighted by molar-refractivity contribution is 5.48. The van der Waals surface area contributed by atoms with Crippen LogP contribution < -0.4 is 10.1 Å². The largest absolute Gasteiger partial charge is 0.479 e. The standard InChI is InChI=1S/C16H20N4O/c1-4-15-16(11-20(3)19-15)18-12(2)13-5-7-14(8-6-13)21-10-9-17/h5-8,11-12,18H,4,10H2,1-3H3. The Balaban J connectivity index is 2.06. The van der Waals surface area contributed by atoms with Crippen LogP contribution in [0, 0.1) is 11.3 Å². The molecule has 5 nitrogen and oxygen atoms in total. The maximum atomic E-state index is 8.49. The lowest BCUT2D eigenvalue weighted by Crippen LogP contribution is -2.07. The average Bonchev–Trinajstić information content (AvgIpc) is 2.85. The summed E-state index contributed by atoms with van der Waals surface area (Å²) in [5, 5.41) is 16.4. The third kappa shape index (κ3) is 3.76. The van der Waals surface area contributed by atoms with E-state index in [1.165, 1.54) is 0 Å². The third-order valence-corrected chi connectivity index (χ3v) is 3.30. The number of ether oxygens (including phenoxy) is 1. The minimum Gasteiger partial charge on any atom is -0.479 e. The topological polar surface area (TPSA) is 62.9 Å². The zero-order valence-electron chi connectivity index (χ0n) is 12.6. The Morgan fingerprint density at radius 3 is 2.71 bits per heavy atom. The number of hydrogen-bond donors (Lipinski definition) is 1. The van der Waals surface area contributed by atoms with Crippen molar-refractivity contribution in [1.29, 1.82) is 5.26 Å². The van der Waals surface area contributed by atoms with Gasteiger partial charge in [-0.25, -0.2) is 0 Å². The molecule has 0 aliphatic rings. The molecule has 0 saturated heterocycles. The molecule has 1 heterocycles. The molecule has 0 amide bonds. The summed E-state index contributed by atoms with van der Waals surface area (Å²) in [7, 11) is 1.93. The predicted octanol–water partition coefficient (Wildman–Crippen LogP) is 3.06. The van der Waals surface area contributed by atoms with Crippen molar-refractivity contribution in [1.82, 2.24) is 9.78 Å². The van der Waals surface area contributed by atoms with Crippen LogP contribution in [0.25, 0.3) is 0 Å². The lowest BCUT2D eigenvalue weighted by molar-refractivity contribution is 0.368. The number of nitrogens with zero attached hydrogens (tertiary/aromatic N) is 3. The molecule has 0 saturated carbocycles. The number of hydrogen-bond acceptors (Lipinski definition) is 4. The first-order chi connectivity index (χ1) is 10.1. The summed E-state index contributed by atoms with van der Waals surface area (Å²) in [4.78, 5) is 0. The molecule has 0 spiro atoms. The van der Waals surface area contributed by atoms with Gasteiger partial charge in [0, 0.05) is 19.3 Å². The highest BCUT2D eigenvalue weighted by Crippen LogP contribution is 2.23. The van der Waals surface area contributed by atoms with Gasteiger partial charge >= 0.3 is 0 Å². The molecule has 0 fully saturated rings. The van der Waals surface area contributed by atoms with E-state index in [0.717, 1.165) is 23.4 Å². The fraction of sp³-hybridized carbons (Fsp3) is 0.375. The molecular weight excluding hydrogens is 264 g/mol. The van der Waals surface area contributed by atoms with Gasteiger partial charge in [0.1, 0.15) is 11.8 Å². The molecule has 0 radical (unpaired) electrons.